The first-order valence-corrected chi connectivity index (χ1v) is 8.50. The molecule has 0 saturated carbocycles. The van der Waals surface area contributed by atoms with Crippen LogP contribution in [-0.4, -0.2) is 27.8 Å². The van der Waals surface area contributed by atoms with Gasteiger partial charge >= 0.3 is 0 Å². The molecule has 0 radical (unpaired) electrons. The van der Waals surface area contributed by atoms with Crippen LogP contribution < -0.4 is 10.6 Å². The zero-order chi connectivity index (χ0) is 18.6. The molecule has 1 aromatic carbocycles. The third-order valence-electron chi connectivity index (χ3n) is 3.31. The Morgan fingerprint density at radius 2 is 2.08 bits per heavy atom. The first-order chi connectivity index (χ1) is 11.8. The van der Waals surface area contributed by atoms with Gasteiger partial charge in [-0.1, -0.05) is 25.4 Å². The van der Waals surface area contributed by atoms with Crippen molar-refractivity contribution in [1.82, 2.24) is 10.3 Å². The summed E-state index contributed by atoms with van der Waals surface area (Å²) < 4.78 is 0. The first kappa shape index (κ1) is 18.8. The third kappa shape index (κ3) is 4.74. The van der Waals surface area contributed by atoms with E-state index in [9.17, 15) is 19.7 Å². The van der Waals surface area contributed by atoms with Crippen LogP contribution in [-0.2, 0) is 4.79 Å². The number of carbonyl (C=O) groups is 2. The summed E-state index contributed by atoms with van der Waals surface area (Å²) in [6, 6.07) is 2.71. The van der Waals surface area contributed by atoms with Gasteiger partial charge in [-0.2, -0.15) is 0 Å². The monoisotopic (exact) mass is 382 g/mol. The van der Waals surface area contributed by atoms with Gasteiger partial charge in [-0.3, -0.25) is 19.7 Å². The Morgan fingerprint density at radius 3 is 2.60 bits per heavy atom. The van der Waals surface area contributed by atoms with Crippen molar-refractivity contribution in [3.8, 4) is 0 Å². The zero-order valence-corrected chi connectivity index (χ0v) is 14.9. The van der Waals surface area contributed by atoms with Gasteiger partial charge < -0.3 is 10.6 Å². The molecule has 0 aliphatic heterocycles. The Bertz CT molecular complexity index is 795. The topological polar surface area (TPSA) is 114 Å². The highest BCUT2D eigenvalue weighted by Gasteiger charge is 2.26. The highest BCUT2D eigenvalue weighted by molar-refractivity contribution is 7.13. The second-order valence-electron chi connectivity index (χ2n) is 5.44. The van der Waals surface area contributed by atoms with Crippen molar-refractivity contribution >= 4 is 45.6 Å². The van der Waals surface area contributed by atoms with Gasteiger partial charge in [-0.25, -0.2) is 4.98 Å². The van der Waals surface area contributed by atoms with Gasteiger partial charge in [0.15, 0.2) is 5.13 Å². The summed E-state index contributed by atoms with van der Waals surface area (Å²) in [6.45, 7) is 3.56. The molecule has 0 saturated heterocycles. The summed E-state index contributed by atoms with van der Waals surface area (Å²) in [5.74, 6) is -1.19. The number of nitrogens with one attached hydrogen (secondary N) is 2. The van der Waals surface area contributed by atoms with Crippen LogP contribution in [0.25, 0.3) is 0 Å². The van der Waals surface area contributed by atoms with E-state index in [1.54, 1.807) is 25.4 Å². The molecule has 132 valence electrons. The van der Waals surface area contributed by atoms with E-state index in [-0.39, 0.29) is 22.2 Å². The number of halogens is 1. The van der Waals surface area contributed by atoms with Crippen molar-refractivity contribution < 1.29 is 14.5 Å². The van der Waals surface area contributed by atoms with E-state index in [1.165, 1.54) is 23.5 Å². The van der Waals surface area contributed by atoms with Gasteiger partial charge in [0.2, 0.25) is 5.91 Å². The van der Waals surface area contributed by atoms with Crippen LogP contribution in [0, 0.1) is 16.0 Å². The molecule has 1 atom stereocenters. The SMILES string of the molecule is CC(C)C(NC(=O)c1ccc([N+](=O)[O-])cc1Cl)C(=O)Nc1nccs1. The number of rotatable bonds is 6. The van der Waals surface area contributed by atoms with Gasteiger partial charge in [0.25, 0.3) is 11.6 Å². The Balaban J connectivity index is 2.15. The minimum Gasteiger partial charge on any atom is -0.340 e. The van der Waals surface area contributed by atoms with Crippen LogP contribution in [0.1, 0.15) is 24.2 Å². The van der Waals surface area contributed by atoms with Crippen molar-refractivity contribution in [3.05, 3.63) is 50.5 Å². The van der Waals surface area contributed by atoms with Gasteiger partial charge in [-0.15, -0.1) is 11.3 Å². The normalized spacial score (nSPS) is 11.8. The van der Waals surface area contributed by atoms with Crippen LogP contribution >= 0.6 is 22.9 Å². The summed E-state index contributed by atoms with van der Waals surface area (Å²) in [4.78, 5) is 38.9. The number of amides is 2. The Morgan fingerprint density at radius 1 is 1.36 bits per heavy atom. The van der Waals surface area contributed by atoms with Crippen LogP contribution in [0.15, 0.2) is 29.8 Å². The highest BCUT2D eigenvalue weighted by Crippen LogP contribution is 2.23. The summed E-state index contributed by atoms with van der Waals surface area (Å²) in [5, 5.41) is 18.1. The number of aromatic nitrogens is 1. The molecule has 2 aromatic rings. The van der Waals surface area contributed by atoms with Gasteiger partial charge in [0, 0.05) is 23.7 Å². The molecule has 0 bridgehead atoms. The number of carbonyl (C=O) groups excluding carboxylic acids is 2. The van der Waals surface area contributed by atoms with Crippen molar-refractivity contribution in [2.45, 2.75) is 19.9 Å². The molecule has 0 aliphatic rings. The number of hydrogen-bond donors (Lipinski definition) is 2. The average molecular weight is 383 g/mol. The van der Waals surface area contributed by atoms with E-state index in [0.29, 0.717) is 5.13 Å². The quantitative estimate of drug-likeness (QED) is 0.588. The summed E-state index contributed by atoms with van der Waals surface area (Å²) in [7, 11) is 0. The molecule has 1 aromatic heterocycles. The van der Waals surface area contributed by atoms with E-state index in [0.717, 1.165) is 6.07 Å². The molecular formula is C15H15ClN4O4S. The fourth-order valence-corrected chi connectivity index (χ4v) is 2.82. The maximum Gasteiger partial charge on any atom is 0.270 e. The molecule has 0 aliphatic carbocycles. The minimum absolute atomic E-state index is 0.0555. The second kappa shape index (κ2) is 8.04. The number of nitro groups is 1. The highest BCUT2D eigenvalue weighted by atomic mass is 35.5. The molecule has 0 spiro atoms. The molecule has 25 heavy (non-hydrogen) atoms. The van der Waals surface area contributed by atoms with E-state index in [2.05, 4.69) is 15.6 Å². The van der Waals surface area contributed by atoms with E-state index in [4.69, 9.17) is 11.6 Å². The lowest BCUT2D eigenvalue weighted by atomic mass is 10.0. The maximum absolute atomic E-state index is 12.4. The predicted octanol–water partition coefficient (Wildman–Crippen LogP) is 3.10. The largest absolute Gasteiger partial charge is 0.340 e. The number of benzene rings is 1. The molecule has 2 N–H and O–H groups in total. The third-order valence-corrected chi connectivity index (χ3v) is 4.31. The lowest BCUT2D eigenvalue weighted by Crippen LogP contribution is -2.47. The number of non-ortho nitro benzene ring substituents is 1. The van der Waals surface area contributed by atoms with Crippen molar-refractivity contribution in [3.63, 3.8) is 0 Å². The maximum atomic E-state index is 12.4. The fourth-order valence-electron chi connectivity index (χ4n) is 2.02. The summed E-state index contributed by atoms with van der Waals surface area (Å²) in [6.07, 6.45) is 1.56. The number of nitro benzene ring substituents is 1. The lowest BCUT2D eigenvalue weighted by molar-refractivity contribution is -0.384. The lowest BCUT2D eigenvalue weighted by Gasteiger charge is -2.21. The van der Waals surface area contributed by atoms with Crippen molar-refractivity contribution in [2.24, 2.45) is 5.92 Å². The molecule has 2 rings (SSSR count). The number of anilines is 1. The number of hydrogen-bond acceptors (Lipinski definition) is 6. The number of thiazole rings is 1. The average Bonchev–Trinajstić information content (AvgIpc) is 3.04. The molecule has 0 fully saturated rings. The van der Waals surface area contributed by atoms with Gasteiger partial charge in [-0.05, 0) is 12.0 Å². The van der Waals surface area contributed by atoms with Gasteiger partial charge in [0.05, 0.1) is 15.5 Å². The molecule has 8 nitrogen and oxygen atoms in total. The Kier molecular flexibility index (Phi) is 6.05. The van der Waals surface area contributed by atoms with E-state index in [1.807, 2.05) is 0 Å². The standard InChI is InChI=1S/C15H15ClN4O4S/c1-8(2)12(14(22)19-15-17-5-6-25-15)18-13(21)10-4-3-9(20(23)24)7-11(10)16/h3-8,12H,1-2H3,(H,18,21)(H,17,19,22). The van der Waals surface area contributed by atoms with E-state index >= 15 is 0 Å². The molecule has 1 unspecified atom stereocenters. The van der Waals surface area contributed by atoms with Crippen molar-refractivity contribution in [2.75, 3.05) is 5.32 Å². The molecule has 2 amide bonds. The summed E-state index contributed by atoms with van der Waals surface area (Å²) >= 11 is 7.21. The molecule has 1 heterocycles. The summed E-state index contributed by atoms with van der Waals surface area (Å²) in [5.41, 5.74) is -0.163. The minimum atomic E-state index is -0.817. The Hall–Kier alpha value is -2.52. The van der Waals surface area contributed by atoms with Crippen LogP contribution in [0.4, 0.5) is 10.8 Å². The van der Waals surface area contributed by atoms with Crippen LogP contribution in [0.2, 0.25) is 5.02 Å². The predicted molar refractivity (Wildman–Crippen MR) is 94.9 cm³/mol. The number of nitrogens with zero attached hydrogens (tertiary/aromatic N) is 2. The second-order valence-corrected chi connectivity index (χ2v) is 6.74. The van der Waals surface area contributed by atoms with Gasteiger partial charge in [0.1, 0.15) is 6.04 Å². The molecular weight excluding hydrogens is 368 g/mol. The Labute approximate surface area is 152 Å². The van der Waals surface area contributed by atoms with Crippen molar-refractivity contribution in [1.29, 1.82) is 0 Å². The van der Waals surface area contributed by atoms with E-state index < -0.39 is 22.8 Å². The van der Waals surface area contributed by atoms with Crippen LogP contribution in [0.5, 0.6) is 0 Å². The fraction of sp³-hybridized carbons (Fsp3) is 0.267. The zero-order valence-electron chi connectivity index (χ0n) is 13.4. The molecule has 10 heteroatoms. The smallest absolute Gasteiger partial charge is 0.270 e. The first-order valence-electron chi connectivity index (χ1n) is 7.24. The van der Waals surface area contributed by atoms with Crippen LogP contribution in [0.3, 0.4) is 0 Å².